The zero-order valence-electron chi connectivity index (χ0n) is 9.75. The highest BCUT2D eigenvalue weighted by molar-refractivity contribution is 5.59. The van der Waals surface area contributed by atoms with Gasteiger partial charge in [0.2, 0.25) is 0 Å². The van der Waals surface area contributed by atoms with Crippen LogP contribution < -0.4 is 0 Å². The summed E-state index contributed by atoms with van der Waals surface area (Å²) in [6, 6.07) is 0. The molecule has 1 heterocycles. The van der Waals surface area contributed by atoms with Gasteiger partial charge in [-0.3, -0.25) is 0 Å². The second-order valence-electron chi connectivity index (χ2n) is 5.15. The first-order valence-corrected chi connectivity index (χ1v) is 5.78. The summed E-state index contributed by atoms with van der Waals surface area (Å²) in [6.07, 6.45) is 4.56. The molecule has 0 amide bonds. The molecule has 0 aromatic heterocycles. The predicted octanol–water partition coefficient (Wildman–Crippen LogP) is 2.33. The largest absolute Gasteiger partial charge is 0.303 e. The van der Waals surface area contributed by atoms with Crippen molar-refractivity contribution in [2.45, 2.75) is 40.0 Å². The van der Waals surface area contributed by atoms with Crippen LogP contribution >= 0.6 is 0 Å². The van der Waals surface area contributed by atoms with Crippen LogP contribution in [0.3, 0.4) is 0 Å². The molecule has 0 N–H and O–H groups in total. The van der Waals surface area contributed by atoms with Crippen molar-refractivity contribution in [2.24, 2.45) is 11.3 Å². The van der Waals surface area contributed by atoms with Gasteiger partial charge in [-0.1, -0.05) is 27.2 Å². The fourth-order valence-electron chi connectivity index (χ4n) is 2.43. The third kappa shape index (κ3) is 3.09. The van der Waals surface area contributed by atoms with E-state index in [9.17, 15) is 4.79 Å². The molecule has 1 rings (SSSR count). The van der Waals surface area contributed by atoms with Gasteiger partial charge in [0.1, 0.15) is 6.29 Å². The predicted molar refractivity (Wildman–Crippen MR) is 59.3 cm³/mol. The monoisotopic (exact) mass is 197 g/mol. The van der Waals surface area contributed by atoms with E-state index in [1.807, 2.05) is 0 Å². The fraction of sp³-hybridized carbons (Fsp3) is 0.917. The Kier molecular flexibility index (Phi) is 4.11. The number of carbonyl (C=O) groups excluding carboxylic acids is 1. The van der Waals surface area contributed by atoms with Gasteiger partial charge >= 0.3 is 0 Å². The number of aldehydes is 1. The van der Waals surface area contributed by atoms with Crippen molar-refractivity contribution in [1.29, 1.82) is 0 Å². The minimum Gasteiger partial charge on any atom is -0.303 e. The van der Waals surface area contributed by atoms with Crippen LogP contribution in [-0.4, -0.2) is 30.8 Å². The Morgan fingerprint density at radius 2 is 2.29 bits per heavy atom. The van der Waals surface area contributed by atoms with E-state index < -0.39 is 0 Å². The van der Waals surface area contributed by atoms with Crippen molar-refractivity contribution in [1.82, 2.24) is 4.90 Å². The van der Waals surface area contributed by atoms with Crippen LogP contribution in [0.2, 0.25) is 0 Å². The molecule has 82 valence electrons. The smallest absolute Gasteiger partial charge is 0.127 e. The van der Waals surface area contributed by atoms with Crippen LogP contribution in [0.5, 0.6) is 0 Å². The molecule has 0 spiro atoms. The molecule has 0 aromatic rings. The summed E-state index contributed by atoms with van der Waals surface area (Å²) in [6.45, 7) is 9.83. The number of rotatable bonds is 5. The van der Waals surface area contributed by atoms with Crippen molar-refractivity contribution in [3.63, 3.8) is 0 Å². The Hall–Kier alpha value is -0.370. The van der Waals surface area contributed by atoms with E-state index in [0.717, 1.165) is 31.6 Å². The van der Waals surface area contributed by atoms with Gasteiger partial charge < -0.3 is 9.69 Å². The quantitative estimate of drug-likeness (QED) is 0.630. The minimum absolute atomic E-state index is 0.112. The molecule has 0 aliphatic carbocycles. The Labute approximate surface area is 87.7 Å². The van der Waals surface area contributed by atoms with Gasteiger partial charge in [0, 0.05) is 18.5 Å². The highest BCUT2D eigenvalue weighted by Crippen LogP contribution is 2.25. The molecule has 0 aromatic carbocycles. The molecule has 14 heavy (non-hydrogen) atoms. The summed E-state index contributed by atoms with van der Waals surface area (Å²) < 4.78 is 0. The molecule has 0 bridgehead atoms. The summed E-state index contributed by atoms with van der Waals surface area (Å²) in [4.78, 5) is 13.5. The highest BCUT2D eigenvalue weighted by Gasteiger charge is 2.28. The molecule has 1 fully saturated rings. The average Bonchev–Trinajstić information content (AvgIpc) is 2.51. The van der Waals surface area contributed by atoms with E-state index in [4.69, 9.17) is 0 Å². The van der Waals surface area contributed by atoms with Crippen molar-refractivity contribution in [3.8, 4) is 0 Å². The standard InChI is InChI=1S/C12H23NO/c1-4-6-12(3,10-14)9-13-7-5-11(2)8-13/h10-11H,4-9H2,1-3H3. The maximum atomic E-state index is 11.1. The topological polar surface area (TPSA) is 20.3 Å². The third-order valence-corrected chi connectivity index (χ3v) is 3.20. The number of carbonyl (C=O) groups is 1. The lowest BCUT2D eigenvalue weighted by atomic mass is 9.87. The summed E-state index contributed by atoms with van der Waals surface area (Å²) in [5.41, 5.74) is -0.112. The van der Waals surface area contributed by atoms with Gasteiger partial charge in [-0.25, -0.2) is 0 Å². The maximum Gasteiger partial charge on any atom is 0.127 e. The number of hydrogen-bond donors (Lipinski definition) is 0. The normalized spacial score (nSPS) is 27.5. The number of hydrogen-bond acceptors (Lipinski definition) is 2. The molecule has 2 unspecified atom stereocenters. The van der Waals surface area contributed by atoms with Gasteiger partial charge in [-0.05, 0) is 25.3 Å². The van der Waals surface area contributed by atoms with Crippen LogP contribution in [0.1, 0.15) is 40.0 Å². The summed E-state index contributed by atoms with van der Waals surface area (Å²) in [5, 5.41) is 0. The highest BCUT2D eigenvalue weighted by atomic mass is 16.1. The summed E-state index contributed by atoms with van der Waals surface area (Å²) in [7, 11) is 0. The van der Waals surface area contributed by atoms with Gasteiger partial charge in [-0.2, -0.15) is 0 Å². The van der Waals surface area contributed by atoms with Gasteiger partial charge in [0.25, 0.3) is 0 Å². The number of likely N-dealkylation sites (tertiary alicyclic amines) is 1. The van der Waals surface area contributed by atoms with E-state index in [0.29, 0.717) is 0 Å². The fourth-order valence-corrected chi connectivity index (χ4v) is 2.43. The third-order valence-electron chi connectivity index (χ3n) is 3.20. The molecule has 1 saturated heterocycles. The Balaban J connectivity index is 2.43. The second-order valence-corrected chi connectivity index (χ2v) is 5.15. The molecule has 2 nitrogen and oxygen atoms in total. The first-order valence-electron chi connectivity index (χ1n) is 5.78. The SMILES string of the molecule is CCCC(C)(C=O)CN1CCC(C)C1. The van der Waals surface area contributed by atoms with Crippen LogP contribution in [0.15, 0.2) is 0 Å². The Morgan fingerprint density at radius 3 is 2.71 bits per heavy atom. The van der Waals surface area contributed by atoms with Gasteiger partial charge in [0.15, 0.2) is 0 Å². The lowest BCUT2D eigenvalue weighted by Crippen LogP contribution is -2.35. The van der Waals surface area contributed by atoms with Crippen molar-refractivity contribution >= 4 is 6.29 Å². The molecule has 1 aliphatic heterocycles. The van der Waals surface area contributed by atoms with E-state index in [1.54, 1.807) is 0 Å². The van der Waals surface area contributed by atoms with Gasteiger partial charge in [-0.15, -0.1) is 0 Å². The molecule has 0 saturated carbocycles. The molecule has 2 heteroatoms. The Bertz CT molecular complexity index is 193. The van der Waals surface area contributed by atoms with Crippen molar-refractivity contribution < 1.29 is 4.79 Å². The first-order chi connectivity index (χ1) is 6.59. The zero-order valence-corrected chi connectivity index (χ0v) is 9.75. The van der Waals surface area contributed by atoms with Crippen LogP contribution in [0.25, 0.3) is 0 Å². The summed E-state index contributed by atoms with van der Waals surface area (Å²) in [5.74, 6) is 0.813. The number of nitrogens with zero attached hydrogens (tertiary/aromatic N) is 1. The van der Waals surface area contributed by atoms with Crippen LogP contribution in [0, 0.1) is 11.3 Å². The lowest BCUT2D eigenvalue weighted by molar-refractivity contribution is -0.116. The summed E-state index contributed by atoms with van der Waals surface area (Å²) >= 11 is 0. The first kappa shape index (κ1) is 11.7. The van der Waals surface area contributed by atoms with E-state index in [1.165, 1.54) is 19.5 Å². The Morgan fingerprint density at radius 1 is 1.57 bits per heavy atom. The van der Waals surface area contributed by atoms with Gasteiger partial charge in [0.05, 0.1) is 0 Å². The second kappa shape index (κ2) is 4.92. The van der Waals surface area contributed by atoms with E-state index in [-0.39, 0.29) is 5.41 Å². The van der Waals surface area contributed by atoms with Crippen LogP contribution in [0.4, 0.5) is 0 Å². The van der Waals surface area contributed by atoms with E-state index >= 15 is 0 Å². The molecule has 1 aliphatic rings. The zero-order chi connectivity index (χ0) is 10.6. The average molecular weight is 197 g/mol. The molecular weight excluding hydrogens is 174 g/mol. The molecule has 2 atom stereocenters. The molecular formula is C12H23NO. The lowest BCUT2D eigenvalue weighted by Gasteiger charge is -2.28. The van der Waals surface area contributed by atoms with Crippen molar-refractivity contribution in [2.75, 3.05) is 19.6 Å². The van der Waals surface area contributed by atoms with Crippen LogP contribution in [-0.2, 0) is 4.79 Å². The minimum atomic E-state index is -0.112. The van der Waals surface area contributed by atoms with E-state index in [2.05, 4.69) is 25.7 Å². The maximum absolute atomic E-state index is 11.1. The molecule has 0 radical (unpaired) electrons. The van der Waals surface area contributed by atoms with Crippen molar-refractivity contribution in [3.05, 3.63) is 0 Å².